The van der Waals surface area contributed by atoms with Gasteiger partial charge in [0.15, 0.2) is 0 Å². The Morgan fingerprint density at radius 2 is 1.78 bits per heavy atom. The van der Waals surface area contributed by atoms with E-state index in [2.05, 4.69) is 59.6 Å². The van der Waals surface area contributed by atoms with E-state index in [4.69, 9.17) is 4.74 Å². The monoisotopic (exact) mass is 366 g/mol. The molecule has 0 saturated carbocycles. The fraction of sp³-hybridized carbons (Fsp3) is 0.435. The maximum atomic E-state index is 12.1. The molecule has 1 saturated heterocycles. The molecule has 4 heteroatoms. The van der Waals surface area contributed by atoms with Gasteiger partial charge in [0.25, 0.3) is 0 Å². The topological polar surface area (TPSA) is 41.6 Å². The van der Waals surface area contributed by atoms with Gasteiger partial charge in [-0.2, -0.15) is 0 Å². The van der Waals surface area contributed by atoms with Gasteiger partial charge in [-0.25, -0.2) is 0 Å². The number of carbonyl (C=O) groups excluding carboxylic acids is 1. The van der Waals surface area contributed by atoms with Crippen LogP contribution in [-0.2, 0) is 9.53 Å². The number of ether oxygens (including phenoxy) is 1. The molecule has 1 N–H and O–H groups in total. The maximum absolute atomic E-state index is 12.1. The van der Waals surface area contributed by atoms with Crippen molar-refractivity contribution in [1.82, 2.24) is 4.90 Å². The quantitative estimate of drug-likeness (QED) is 0.845. The zero-order chi connectivity index (χ0) is 19.4. The summed E-state index contributed by atoms with van der Waals surface area (Å²) in [6, 6.07) is 19.0. The average molecular weight is 367 g/mol. The minimum atomic E-state index is -0.404. The Balaban J connectivity index is 1.65. The van der Waals surface area contributed by atoms with Crippen molar-refractivity contribution in [2.75, 3.05) is 25.0 Å². The van der Waals surface area contributed by atoms with Crippen LogP contribution in [0.2, 0.25) is 0 Å². The summed E-state index contributed by atoms with van der Waals surface area (Å²) in [7, 11) is 0. The smallest absolute Gasteiger partial charge is 0.229 e. The van der Waals surface area contributed by atoms with Crippen LogP contribution in [0, 0.1) is 5.41 Å². The van der Waals surface area contributed by atoms with Crippen LogP contribution in [0.3, 0.4) is 0 Å². The third-order valence-corrected chi connectivity index (χ3v) is 5.15. The van der Waals surface area contributed by atoms with Gasteiger partial charge in [-0.05, 0) is 30.2 Å². The molecule has 1 amide bonds. The minimum Gasteiger partial charge on any atom is -0.371 e. The summed E-state index contributed by atoms with van der Waals surface area (Å²) in [6.45, 7) is 10.5. The third-order valence-electron chi connectivity index (χ3n) is 5.15. The lowest BCUT2D eigenvalue weighted by Gasteiger charge is -2.37. The van der Waals surface area contributed by atoms with Crippen molar-refractivity contribution < 1.29 is 9.53 Å². The molecule has 3 rings (SSSR count). The first-order chi connectivity index (χ1) is 12.8. The van der Waals surface area contributed by atoms with Crippen LogP contribution in [0.5, 0.6) is 0 Å². The molecule has 4 nitrogen and oxygen atoms in total. The summed E-state index contributed by atoms with van der Waals surface area (Å²) in [5.74, 6) is 0.0204. The van der Waals surface area contributed by atoms with Crippen LogP contribution in [-0.4, -0.2) is 30.5 Å². The van der Waals surface area contributed by atoms with Crippen molar-refractivity contribution in [3.8, 4) is 0 Å². The highest BCUT2D eigenvalue weighted by Crippen LogP contribution is 2.29. The van der Waals surface area contributed by atoms with Crippen LogP contribution in [0.1, 0.15) is 51.0 Å². The van der Waals surface area contributed by atoms with Gasteiger partial charge in [0.05, 0.1) is 12.7 Å². The van der Waals surface area contributed by atoms with E-state index in [0.717, 1.165) is 30.9 Å². The summed E-state index contributed by atoms with van der Waals surface area (Å²) in [6.07, 6.45) is 0.0530. The molecule has 1 fully saturated rings. The second kappa shape index (κ2) is 8.24. The predicted molar refractivity (Wildman–Crippen MR) is 110 cm³/mol. The van der Waals surface area contributed by atoms with Gasteiger partial charge in [0.2, 0.25) is 5.91 Å². The largest absolute Gasteiger partial charge is 0.371 e. The molecular formula is C23H30N2O2. The molecule has 144 valence electrons. The fourth-order valence-electron chi connectivity index (χ4n) is 3.26. The number of benzene rings is 2. The molecule has 0 radical (unpaired) electrons. The molecule has 2 aromatic carbocycles. The second-order valence-corrected chi connectivity index (χ2v) is 8.27. The minimum absolute atomic E-state index is 0.0204. The molecule has 0 bridgehead atoms. The van der Waals surface area contributed by atoms with Crippen LogP contribution < -0.4 is 5.32 Å². The summed E-state index contributed by atoms with van der Waals surface area (Å²) in [5.41, 5.74) is 2.90. The lowest BCUT2D eigenvalue weighted by atomic mass is 9.95. The number of nitrogens with zero attached hydrogens (tertiary/aromatic N) is 1. The van der Waals surface area contributed by atoms with Gasteiger partial charge in [0.1, 0.15) is 0 Å². The Labute approximate surface area is 162 Å². The van der Waals surface area contributed by atoms with Crippen molar-refractivity contribution >= 4 is 11.6 Å². The number of carbonyl (C=O) groups is 1. The van der Waals surface area contributed by atoms with Gasteiger partial charge in [0, 0.05) is 30.2 Å². The molecule has 0 aliphatic carbocycles. The van der Waals surface area contributed by atoms with E-state index in [-0.39, 0.29) is 12.0 Å². The number of amides is 1. The van der Waals surface area contributed by atoms with Crippen molar-refractivity contribution in [3.05, 3.63) is 65.7 Å². The first-order valence-corrected chi connectivity index (χ1v) is 9.66. The summed E-state index contributed by atoms with van der Waals surface area (Å²) in [5, 5.41) is 2.97. The number of nitrogens with one attached hydrogen (secondary N) is 1. The average Bonchev–Trinajstić information content (AvgIpc) is 2.68. The predicted octanol–water partition coefficient (Wildman–Crippen LogP) is 4.81. The van der Waals surface area contributed by atoms with E-state index in [1.165, 1.54) is 5.56 Å². The zero-order valence-electron chi connectivity index (χ0n) is 16.7. The van der Waals surface area contributed by atoms with Crippen LogP contribution >= 0.6 is 0 Å². The summed E-state index contributed by atoms with van der Waals surface area (Å²) >= 11 is 0. The van der Waals surface area contributed by atoms with Gasteiger partial charge in [-0.3, -0.25) is 9.69 Å². The van der Waals surface area contributed by atoms with Crippen LogP contribution in [0.4, 0.5) is 5.69 Å². The molecule has 1 aliphatic heterocycles. The first kappa shape index (κ1) is 19.6. The van der Waals surface area contributed by atoms with E-state index in [1.807, 2.05) is 32.9 Å². The Morgan fingerprint density at radius 1 is 1.11 bits per heavy atom. The summed E-state index contributed by atoms with van der Waals surface area (Å²) < 4.78 is 6.03. The van der Waals surface area contributed by atoms with Crippen molar-refractivity contribution in [1.29, 1.82) is 0 Å². The van der Waals surface area contributed by atoms with Crippen molar-refractivity contribution in [3.63, 3.8) is 0 Å². The number of anilines is 1. The van der Waals surface area contributed by atoms with Gasteiger partial charge < -0.3 is 10.1 Å². The Bertz CT molecular complexity index is 750. The molecule has 0 unspecified atom stereocenters. The fourth-order valence-corrected chi connectivity index (χ4v) is 3.26. The van der Waals surface area contributed by atoms with E-state index >= 15 is 0 Å². The lowest BCUT2D eigenvalue weighted by Crippen LogP contribution is -2.39. The third kappa shape index (κ3) is 4.96. The Morgan fingerprint density at radius 3 is 2.41 bits per heavy atom. The lowest BCUT2D eigenvalue weighted by molar-refractivity contribution is -0.123. The molecular weight excluding hydrogens is 336 g/mol. The molecule has 0 aromatic heterocycles. The highest BCUT2D eigenvalue weighted by molar-refractivity contribution is 5.94. The van der Waals surface area contributed by atoms with Crippen molar-refractivity contribution in [2.45, 2.75) is 39.8 Å². The van der Waals surface area contributed by atoms with Gasteiger partial charge in [-0.15, -0.1) is 0 Å². The SMILES string of the molecule is C[C@H](c1ccccc1)N1CCO[C@@H](c2ccc(NC(=O)C(C)(C)C)cc2)C1. The van der Waals surface area contributed by atoms with E-state index in [1.54, 1.807) is 0 Å². The molecule has 27 heavy (non-hydrogen) atoms. The van der Waals surface area contributed by atoms with E-state index < -0.39 is 5.41 Å². The highest BCUT2D eigenvalue weighted by Gasteiger charge is 2.26. The number of morpholine rings is 1. The van der Waals surface area contributed by atoms with E-state index in [0.29, 0.717) is 6.04 Å². The molecule has 2 atom stereocenters. The standard InChI is InChI=1S/C23H30N2O2/c1-17(18-8-6-5-7-9-18)25-14-15-27-21(16-25)19-10-12-20(13-11-19)24-22(26)23(2,3)4/h5-13,17,21H,14-16H2,1-4H3,(H,24,26)/t17-,21-/m1/s1. The zero-order valence-corrected chi connectivity index (χ0v) is 16.7. The molecule has 0 spiro atoms. The molecule has 2 aromatic rings. The van der Waals surface area contributed by atoms with Crippen LogP contribution in [0.25, 0.3) is 0 Å². The van der Waals surface area contributed by atoms with Crippen molar-refractivity contribution in [2.24, 2.45) is 5.41 Å². The second-order valence-electron chi connectivity index (χ2n) is 8.27. The molecule has 1 heterocycles. The van der Waals surface area contributed by atoms with Gasteiger partial charge >= 0.3 is 0 Å². The number of rotatable bonds is 4. The number of hydrogen-bond acceptors (Lipinski definition) is 3. The Hall–Kier alpha value is -2.17. The Kier molecular flexibility index (Phi) is 5.98. The maximum Gasteiger partial charge on any atom is 0.229 e. The first-order valence-electron chi connectivity index (χ1n) is 9.66. The molecule has 1 aliphatic rings. The highest BCUT2D eigenvalue weighted by atomic mass is 16.5. The van der Waals surface area contributed by atoms with Gasteiger partial charge in [-0.1, -0.05) is 63.2 Å². The van der Waals surface area contributed by atoms with Crippen LogP contribution in [0.15, 0.2) is 54.6 Å². The number of hydrogen-bond donors (Lipinski definition) is 1. The van der Waals surface area contributed by atoms with E-state index in [9.17, 15) is 4.79 Å². The summed E-state index contributed by atoms with van der Waals surface area (Å²) in [4.78, 5) is 14.6. The normalized spacial score (nSPS) is 19.5.